The van der Waals surface area contributed by atoms with Gasteiger partial charge in [-0.2, -0.15) is 0 Å². The molecule has 1 unspecified atom stereocenters. The van der Waals surface area contributed by atoms with E-state index in [-0.39, 0.29) is 18.3 Å². The first kappa shape index (κ1) is 20.6. The van der Waals surface area contributed by atoms with Crippen LogP contribution < -0.4 is 5.69 Å². The second-order valence-corrected chi connectivity index (χ2v) is 8.84. The van der Waals surface area contributed by atoms with Crippen molar-refractivity contribution in [3.63, 3.8) is 0 Å². The number of hydrogen-bond acceptors (Lipinski definition) is 3. The Balaban J connectivity index is 1.68. The van der Waals surface area contributed by atoms with Crippen molar-refractivity contribution in [2.75, 3.05) is 13.2 Å². The summed E-state index contributed by atoms with van der Waals surface area (Å²) in [5.74, 6) is -0.871. The number of imidazole rings is 1. The van der Waals surface area contributed by atoms with Crippen LogP contribution in [0.15, 0.2) is 53.5 Å². The number of carboxylic acid groups (broad SMARTS) is 1. The number of para-hydroxylation sites is 2. The Kier molecular flexibility index (Phi) is 4.93. The van der Waals surface area contributed by atoms with Crippen molar-refractivity contribution in [1.29, 1.82) is 0 Å². The maximum atomic E-state index is 13.8. The molecule has 5 rings (SSSR count). The highest BCUT2D eigenvalue weighted by atomic mass is 16.5. The number of carbonyl (C=O) groups is 1. The molecule has 166 valence electrons. The molecule has 2 N–H and O–H groups in total. The molecule has 3 heterocycles. The van der Waals surface area contributed by atoms with Gasteiger partial charge in [0.05, 0.1) is 22.5 Å². The smallest absolute Gasteiger partial charge is 0.329 e. The first-order valence-electron chi connectivity index (χ1n) is 11.0. The number of aryl methyl sites for hydroxylation is 1. The molecule has 1 fully saturated rings. The lowest BCUT2D eigenvalue weighted by Crippen LogP contribution is -2.43. The molecule has 4 aromatic rings. The van der Waals surface area contributed by atoms with Crippen molar-refractivity contribution in [3.8, 4) is 0 Å². The summed E-state index contributed by atoms with van der Waals surface area (Å²) in [6.45, 7) is 5.02. The summed E-state index contributed by atoms with van der Waals surface area (Å²) in [5, 5.41) is 11.2. The maximum absolute atomic E-state index is 13.8. The minimum absolute atomic E-state index is 0.137. The predicted molar refractivity (Wildman–Crippen MR) is 123 cm³/mol. The zero-order valence-corrected chi connectivity index (χ0v) is 18.3. The van der Waals surface area contributed by atoms with Crippen molar-refractivity contribution in [1.82, 2.24) is 14.1 Å². The van der Waals surface area contributed by atoms with Crippen LogP contribution in [0, 0.1) is 12.3 Å². The zero-order valence-electron chi connectivity index (χ0n) is 18.3. The average Bonchev–Trinajstić information content (AvgIpc) is 3.35. The number of fused-ring (bicyclic) bond motifs is 2. The zero-order chi connectivity index (χ0) is 22.5. The molecule has 1 aliphatic rings. The third-order valence-electron chi connectivity index (χ3n) is 7.02. The lowest BCUT2D eigenvalue weighted by molar-refractivity contribution is -0.156. The van der Waals surface area contributed by atoms with E-state index in [1.54, 1.807) is 9.13 Å². The first-order chi connectivity index (χ1) is 15.4. The van der Waals surface area contributed by atoms with Gasteiger partial charge in [0.2, 0.25) is 0 Å². The van der Waals surface area contributed by atoms with Gasteiger partial charge in [0.1, 0.15) is 0 Å². The van der Waals surface area contributed by atoms with E-state index in [9.17, 15) is 14.7 Å². The van der Waals surface area contributed by atoms with E-state index in [2.05, 4.69) is 18.0 Å². The molecule has 0 aliphatic carbocycles. The number of aliphatic carboxylic acids is 1. The van der Waals surface area contributed by atoms with Crippen molar-refractivity contribution in [2.24, 2.45) is 5.41 Å². The Morgan fingerprint density at radius 1 is 1.16 bits per heavy atom. The van der Waals surface area contributed by atoms with E-state index in [1.165, 1.54) is 0 Å². The van der Waals surface area contributed by atoms with Crippen LogP contribution in [0.25, 0.3) is 21.9 Å². The molecule has 0 bridgehead atoms. The van der Waals surface area contributed by atoms with Crippen molar-refractivity contribution in [3.05, 3.63) is 70.3 Å². The first-order valence-corrected chi connectivity index (χ1v) is 11.0. The Morgan fingerprint density at radius 2 is 1.88 bits per heavy atom. The molecule has 7 nitrogen and oxygen atoms in total. The summed E-state index contributed by atoms with van der Waals surface area (Å²) < 4.78 is 8.85. The summed E-state index contributed by atoms with van der Waals surface area (Å²) in [4.78, 5) is 29.4. The van der Waals surface area contributed by atoms with E-state index >= 15 is 0 Å². The summed E-state index contributed by atoms with van der Waals surface area (Å²) in [6, 6.07) is 13.5. The van der Waals surface area contributed by atoms with Crippen LogP contribution in [0.3, 0.4) is 0 Å². The Hall–Kier alpha value is -3.32. The SMILES string of the molecule is Cc1cccc2[nH]cc(C(C)n3c(=O)n(CC4(C(=O)O)CCOCC4)c4ccccc43)c12. The highest BCUT2D eigenvalue weighted by Gasteiger charge is 2.41. The molecular formula is C25H27N3O4. The van der Waals surface area contributed by atoms with E-state index in [0.29, 0.717) is 26.1 Å². The maximum Gasteiger partial charge on any atom is 0.329 e. The summed E-state index contributed by atoms with van der Waals surface area (Å²) in [6.07, 6.45) is 2.76. The monoisotopic (exact) mass is 433 g/mol. The number of H-pyrrole nitrogens is 1. The van der Waals surface area contributed by atoms with Gasteiger partial charge in [0.25, 0.3) is 0 Å². The number of nitrogens with zero attached hydrogens (tertiary/aromatic N) is 2. The fraction of sp³-hybridized carbons (Fsp3) is 0.360. The number of aromatic amines is 1. The van der Waals surface area contributed by atoms with Crippen LogP contribution in [0.2, 0.25) is 0 Å². The van der Waals surface area contributed by atoms with Crippen LogP contribution in [0.4, 0.5) is 0 Å². The molecular weight excluding hydrogens is 406 g/mol. The Labute approximate surface area is 185 Å². The largest absolute Gasteiger partial charge is 0.481 e. The minimum atomic E-state index is -1.00. The van der Waals surface area contributed by atoms with Gasteiger partial charge in [-0.15, -0.1) is 0 Å². The third-order valence-corrected chi connectivity index (χ3v) is 7.02. The van der Waals surface area contributed by atoms with Crippen LogP contribution in [0.5, 0.6) is 0 Å². The third kappa shape index (κ3) is 3.07. The summed E-state index contributed by atoms with van der Waals surface area (Å²) in [5.41, 5.74) is 3.60. The number of rotatable bonds is 5. The lowest BCUT2D eigenvalue weighted by atomic mass is 9.80. The summed E-state index contributed by atoms with van der Waals surface area (Å²) >= 11 is 0. The molecule has 32 heavy (non-hydrogen) atoms. The Bertz CT molecular complexity index is 1370. The van der Waals surface area contributed by atoms with Gasteiger partial charge in [0.15, 0.2) is 0 Å². The van der Waals surface area contributed by atoms with Gasteiger partial charge in [-0.05, 0) is 50.5 Å². The molecule has 2 aromatic heterocycles. The molecule has 0 radical (unpaired) electrons. The van der Waals surface area contributed by atoms with Crippen molar-refractivity contribution in [2.45, 2.75) is 39.3 Å². The number of ether oxygens (including phenoxy) is 1. The Morgan fingerprint density at radius 3 is 2.59 bits per heavy atom. The molecule has 0 spiro atoms. The van der Waals surface area contributed by atoms with Crippen molar-refractivity contribution >= 4 is 27.9 Å². The highest BCUT2D eigenvalue weighted by Crippen LogP contribution is 2.35. The standard InChI is InChI=1S/C25H27N3O4/c1-16-6-5-7-19-22(16)18(14-26-19)17(2)28-21-9-4-3-8-20(21)27(24(28)31)15-25(23(29)30)10-12-32-13-11-25/h3-9,14,17,26H,10-13,15H2,1-2H3,(H,29,30). The number of aromatic nitrogens is 3. The molecule has 0 amide bonds. The van der Waals surface area contributed by atoms with Gasteiger partial charge in [-0.1, -0.05) is 24.3 Å². The normalized spacial score (nSPS) is 17.1. The molecule has 1 saturated heterocycles. The van der Waals surface area contributed by atoms with Gasteiger partial charge >= 0.3 is 11.7 Å². The fourth-order valence-corrected chi connectivity index (χ4v) is 5.13. The van der Waals surface area contributed by atoms with Gasteiger partial charge in [-0.3, -0.25) is 13.9 Å². The topological polar surface area (TPSA) is 89.2 Å². The van der Waals surface area contributed by atoms with Crippen LogP contribution in [0.1, 0.15) is 36.9 Å². The van der Waals surface area contributed by atoms with E-state index in [4.69, 9.17) is 4.74 Å². The summed E-state index contributed by atoms with van der Waals surface area (Å²) in [7, 11) is 0. The van der Waals surface area contributed by atoms with Crippen LogP contribution >= 0.6 is 0 Å². The number of nitrogens with one attached hydrogen (secondary N) is 1. The van der Waals surface area contributed by atoms with E-state index < -0.39 is 11.4 Å². The minimum Gasteiger partial charge on any atom is -0.481 e. The number of benzene rings is 2. The van der Waals surface area contributed by atoms with E-state index in [0.717, 1.165) is 33.1 Å². The number of hydrogen-bond donors (Lipinski definition) is 2. The van der Waals surface area contributed by atoms with Gasteiger partial charge < -0.3 is 14.8 Å². The second kappa shape index (κ2) is 7.67. The van der Waals surface area contributed by atoms with Crippen LogP contribution in [-0.2, 0) is 16.1 Å². The lowest BCUT2D eigenvalue weighted by Gasteiger charge is -2.33. The average molecular weight is 434 g/mol. The van der Waals surface area contributed by atoms with Gasteiger partial charge in [0, 0.05) is 42.4 Å². The fourth-order valence-electron chi connectivity index (χ4n) is 5.13. The molecule has 2 aromatic carbocycles. The van der Waals surface area contributed by atoms with Gasteiger partial charge in [-0.25, -0.2) is 4.79 Å². The molecule has 1 atom stereocenters. The second-order valence-electron chi connectivity index (χ2n) is 8.84. The van der Waals surface area contributed by atoms with Crippen LogP contribution in [-0.4, -0.2) is 38.4 Å². The molecule has 7 heteroatoms. The predicted octanol–water partition coefficient (Wildman–Crippen LogP) is 4.08. The van der Waals surface area contributed by atoms with E-state index in [1.807, 2.05) is 49.5 Å². The molecule has 1 aliphatic heterocycles. The number of carboxylic acids is 1. The highest BCUT2D eigenvalue weighted by molar-refractivity contribution is 5.87. The van der Waals surface area contributed by atoms with Crippen molar-refractivity contribution < 1.29 is 14.6 Å². The quantitative estimate of drug-likeness (QED) is 0.496. The molecule has 0 saturated carbocycles.